The molecule has 2 aromatic rings. The molecular formula is C20H24N3+. The van der Waals surface area contributed by atoms with Crippen molar-refractivity contribution in [1.82, 2.24) is 5.01 Å². The van der Waals surface area contributed by atoms with Gasteiger partial charge in [-0.2, -0.15) is 5.10 Å². The Labute approximate surface area is 138 Å². The smallest absolute Gasteiger partial charge is 0.103 e. The fourth-order valence-corrected chi connectivity index (χ4v) is 2.84. The van der Waals surface area contributed by atoms with Gasteiger partial charge in [-0.25, -0.2) is 0 Å². The SMILES string of the molecule is C(=Cc1ccccc1)C=NN1CC[NH+](Cc2ccccc2)CC1. The molecule has 0 saturated carbocycles. The van der Waals surface area contributed by atoms with Gasteiger partial charge < -0.3 is 4.90 Å². The molecule has 3 rings (SSSR count). The summed E-state index contributed by atoms with van der Waals surface area (Å²) in [6.07, 6.45) is 5.99. The van der Waals surface area contributed by atoms with Crippen LogP contribution in [0, 0.1) is 0 Å². The van der Waals surface area contributed by atoms with Crippen molar-refractivity contribution < 1.29 is 4.90 Å². The lowest BCUT2D eigenvalue weighted by atomic mass is 10.2. The van der Waals surface area contributed by atoms with E-state index in [-0.39, 0.29) is 0 Å². The minimum Gasteiger partial charge on any atom is -0.328 e. The fourth-order valence-electron chi connectivity index (χ4n) is 2.84. The Bertz CT molecular complexity index is 626. The van der Waals surface area contributed by atoms with Gasteiger partial charge in [0.1, 0.15) is 6.54 Å². The molecule has 118 valence electrons. The van der Waals surface area contributed by atoms with Crippen LogP contribution in [0.4, 0.5) is 0 Å². The standard InChI is InChI=1S/C20H23N3/c1-3-8-19(9-4-1)12-7-13-21-23-16-14-22(15-17-23)18-20-10-5-2-6-11-20/h1-13H,14-18H2/p+1. The van der Waals surface area contributed by atoms with Gasteiger partial charge in [-0.1, -0.05) is 66.7 Å². The molecule has 2 aromatic carbocycles. The highest BCUT2D eigenvalue weighted by Gasteiger charge is 2.18. The fraction of sp³-hybridized carbons (Fsp3) is 0.250. The third kappa shape index (κ3) is 5.08. The third-order valence-electron chi connectivity index (χ3n) is 4.15. The van der Waals surface area contributed by atoms with Gasteiger partial charge in [-0.05, 0) is 11.6 Å². The van der Waals surface area contributed by atoms with Crippen molar-refractivity contribution in [3.63, 3.8) is 0 Å². The minimum atomic E-state index is 1.03. The first kappa shape index (κ1) is 15.5. The molecule has 0 unspecified atom stereocenters. The van der Waals surface area contributed by atoms with Crippen LogP contribution in [0.25, 0.3) is 6.08 Å². The first-order valence-corrected chi connectivity index (χ1v) is 8.28. The molecular weight excluding hydrogens is 282 g/mol. The molecule has 1 heterocycles. The van der Waals surface area contributed by atoms with E-state index in [9.17, 15) is 0 Å². The number of hydrogen-bond acceptors (Lipinski definition) is 2. The van der Waals surface area contributed by atoms with Gasteiger partial charge in [0.2, 0.25) is 0 Å². The largest absolute Gasteiger partial charge is 0.328 e. The zero-order valence-corrected chi connectivity index (χ0v) is 13.4. The summed E-state index contributed by atoms with van der Waals surface area (Å²) in [5.41, 5.74) is 2.63. The van der Waals surface area contributed by atoms with Crippen LogP contribution in [0.5, 0.6) is 0 Å². The number of rotatable bonds is 5. The van der Waals surface area contributed by atoms with E-state index in [1.165, 1.54) is 11.1 Å². The van der Waals surface area contributed by atoms with Gasteiger partial charge in [0.15, 0.2) is 0 Å². The summed E-state index contributed by atoms with van der Waals surface area (Å²) >= 11 is 0. The Morgan fingerprint density at radius 1 is 0.913 bits per heavy atom. The van der Waals surface area contributed by atoms with Crippen LogP contribution in [0.2, 0.25) is 0 Å². The van der Waals surface area contributed by atoms with Gasteiger partial charge in [-0.15, -0.1) is 0 Å². The van der Waals surface area contributed by atoms with Crippen LogP contribution in [0.1, 0.15) is 11.1 Å². The van der Waals surface area contributed by atoms with Gasteiger partial charge in [-0.3, -0.25) is 5.01 Å². The van der Waals surface area contributed by atoms with Crippen molar-refractivity contribution in [3.05, 3.63) is 77.9 Å². The highest BCUT2D eigenvalue weighted by molar-refractivity contribution is 5.77. The van der Waals surface area contributed by atoms with Crippen LogP contribution in [0.3, 0.4) is 0 Å². The molecule has 1 saturated heterocycles. The molecule has 0 amide bonds. The molecule has 1 aliphatic heterocycles. The van der Waals surface area contributed by atoms with Gasteiger partial charge in [0, 0.05) is 11.8 Å². The molecule has 0 aromatic heterocycles. The Hall–Kier alpha value is -2.39. The molecule has 23 heavy (non-hydrogen) atoms. The predicted octanol–water partition coefficient (Wildman–Crippen LogP) is 2.09. The number of piperazine rings is 1. The lowest BCUT2D eigenvalue weighted by molar-refractivity contribution is -0.918. The first-order chi connectivity index (χ1) is 11.4. The molecule has 0 aliphatic carbocycles. The number of hydrogen-bond donors (Lipinski definition) is 1. The second kappa shape index (κ2) is 8.30. The topological polar surface area (TPSA) is 20.0 Å². The van der Waals surface area contributed by atoms with Crippen molar-refractivity contribution in [3.8, 4) is 0 Å². The van der Waals surface area contributed by atoms with E-state index in [1.54, 1.807) is 4.90 Å². The lowest BCUT2D eigenvalue weighted by Crippen LogP contribution is -3.13. The summed E-state index contributed by atoms with van der Waals surface area (Å²) in [7, 11) is 0. The Balaban J connectivity index is 1.42. The maximum absolute atomic E-state index is 4.55. The quantitative estimate of drug-likeness (QED) is 0.839. The highest BCUT2D eigenvalue weighted by Crippen LogP contribution is 2.00. The molecule has 3 nitrogen and oxygen atoms in total. The number of quaternary nitrogens is 1. The van der Waals surface area contributed by atoms with E-state index in [2.05, 4.69) is 58.7 Å². The lowest BCUT2D eigenvalue weighted by Gasteiger charge is -2.30. The summed E-state index contributed by atoms with van der Waals surface area (Å²) in [5, 5.41) is 6.72. The zero-order valence-electron chi connectivity index (χ0n) is 13.4. The molecule has 1 fully saturated rings. The summed E-state index contributed by atoms with van der Waals surface area (Å²) < 4.78 is 0. The van der Waals surface area contributed by atoms with Gasteiger partial charge >= 0.3 is 0 Å². The molecule has 0 spiro atoms. The zero-order chi connectivity index (χ0) is 15.7. The number of hydrazone groups is 1. The molecule has 0 radical (unpaired) electrons. The maximum atomic E-state index is 4.55. The molecule has 3 heteroatoms. The average molecular weight is 306 g/mol. The second-order valence-electron chi connectivity index (χ2n) is 5.90. The van der Waals surface area contributed by atoms with Crippen LogP contribution in [0.15, 0.2) is 71.8 Å². The van der Waals surface area contributed by atoms with Gasteiger partial charge in [0.25, 0.3) is 0 Å². The second-order valence-corrected chi connectivity index (χ2v) is 5.90. The predicted molar refractivity (Wildman–Crippen MR) is 96.4 cm³/mol. The normalized spacial score (nSPS) is 16.4. The first-order valence-electron chi connectivity index (χ1n) is 8.28. The van der Waals surface area contributed by atoms with Crippen molar-refractivity contribution in [1.29, 1.82) is 0 Å². The molecule has 0 atom stereocenters. The van der Waals surface area contributed by atoms with Gasteiger partial charge in [0.05, 0.1) is 26.2 Å². The minimum absolute atomic E-state index is 1.03. The molecule has 1 aliphatic rings. The van der Waals surface area contributed by atoms with Crippen molar-refractivity contribution in [2.75, 3.05) is 26.2 Å². The maximum Gasteiger partial charge on any atom is 0.103 e. The van der Waals surface area contributed by atoms with E-state index < -0.39 is 0 Å². The number of benzene rings is 2. The molecule has 1 N–H and O–H groups in total. The van der Waals surface area contributed by atoms with Crippen LogP contribution in [-0.4, -0.2) is 37.4 Å². The number of nitrogens with zero attached hydrogens (tertiary/aromatic N) is 2. The van der Waals surface area contributed by atoms with Crippen LogP contribution < -0.4 is 4.90 Å². The Kier molecular flexibility index (Phi) is 5.59. The monoisotopic (exact) mass is 306 g/mol. The summed E-state index contributed by atoms with van der Waals surface area (Å²) in [6, 6.07) is 21.1. The van der Waals surface area contributed by atoms with Crippen LogP contribution in [-0.2, 0) is 6.54 Å². The number of nitrogens with one attached hydrogen (secondary N) is 1. The van der Waals surface area contributed by atoms with E-state index >= 15 is 0 Å². The number of allylic oxidation sites excluding steroid dienone is 1. The Morgan fingerprint density at radius 2 is 1.57 bits per heavy atom. The van der Waals surface area contributed by atoms with E-state index in [0.717, 1.165) is 32.7 Å². The molecule has 0 bridgehead atoms. The highest BCUT2D eigenvalue weighted by atomic mass is 15.5. The average Bonchev–Trinajstić information content (AvgIpc) is 2.62. The summed E-state index contributed by atoms with van der Waals surface area (Å²) in [6.45, 7) is 5.46. The van der Waals surface area contributed by atoms with Crippen LogP contribution >= 0.6 is 0 Å². The summed E-state index contributed by atoms with van der Waals surface area (Å²) in [5.74, 6) is 0. The van der Waals surface area contributed by atoms with E-state index in [4.69, 9.17) is 0 Å². The third-order valence-corrected chi connectivity index (χ3v) is 4.15. The van der Waals surface area contributed by atoms with E-state index in [1.807, 2.05) is 30.5 Å². The summed E-state index contributed by atoms with van der Waals surface area (Å²) in [4.78, 5) is 1.64. The van der Waals surface area contributed by atoms with Crippen molar-refractivity contribution in [2.45, 2.75) is 6.54 Å². The Morgan fingerprint density at radius 3 is 2.26 bits per heavy atom. The van der Waals surface area contributed by atoms with Crippen molar-refractivity contribution in [2.24, 2.45) is 5.10 Å². The van der Waals surface area contributed by atoms with E-state index in [0.29, 0.717) is 0 Å². The van der Waals surface area contributed by atoms with Crippen molar-refractivity contribution >= 4 is 12.3 Å².